The van der Waals surface area contributed by atoms with Crippen LogP contribution < -0.4 is 10.5 Å². The summed E-state index contributed by atoms with van der Waals surface area (Å²) in [6, 6.07) is 5.95. The molecule has 8 heteroatoms. The highest BCUT2D eigenvalue weighted by Crippen LogP contribution is 2.27. The third-order valence-electron chi connectivity index (χ3n) is 4.03. The number of likely N-dealkylation sites (tertiary alicyclic amines) is 1. The largest absolute Gasteiger partial charge is 0.573 e. The summed E-state index contributed by atoms with van der Waals surface area (Å²) in [6.45, 7) is 1.08. The molecule has 1 saturated heterocycles. The molecule has 136 valence electrons. The quantitative estimate of drug-likeness (QED) is 0.870. The minimum atomic E-state index is -4.74. The normalized spacial score (nSPS) is 18.0. The van der Waals surface area contributed by atoms with E-state index in [9.17, 15) is 18.0 Å². The molecule has 1 aromatic rings. The van der Waals surface area contributed by atoms with Gasteiger partial charge in [-0.25, -0.2) is 0 Å². The first kappa shape index (κ1) is 20.6. The number of alkyl halides is 3. The van der Waals surface area contributed by atoms with Crippen molar-refractivity contribution in [1.82, 2.24) is 4.90 Å². The lowest BCUT2D eigenvalue weighted by Gasteiger charge is -2.35. The third-order valence-corrected chi connectivity index (χ3v) is 4.03. The molecule has 0 spiro atoms. The first-order valence-electron chi connectivity index (χ1n) is 7.74. The highest BCUT2D eigenvalue weighted by Gasteiger charge is 2.32. The summed E-state index contributed by atoms with van der Waals surface area (Å²) >= 11 is 0. The lowest BCUT2D eigenvalue weighted by atomic mass is 10.0. The number of benzene rings is 1. The number of halogens is 4. The van der Waals surface area contributed by atoms with Crippen LogP contribution in [0.25, 0.3) is 0 Å². The minimum absolute atomic E-state index is 0. The van der Waals surface area contributed by atoms with Crippen molar-refractivity contribution in [2.24, 2.45) is 5.73 Å². The van der Waals surface area contributed by atoms with Gasteiger partial charge in [-0.1, -0.05) is 18.2 Å². The summed E-state index contributed by atoms with van der Waals surface area (Å²) in [4.78, 5) is 14.1. The molecular weight excluding hydrogens is 345 g/mol. The van der Waals surface area contributed by atoms with Crippen molar-refractivity contribution < 1.29 is 22.7 Å². The molecule has 1 atom stereocenters. The Kier molecular flexibility index (Phi) is 7.83. The van der Waals surface area contributed by atoms with E-state index in [1.807, 2.05) is 0 Å². The highest BCUT2D eigenvalue weighted by molar-refractivity contribution is 5.85. The van der Waals surface area contributed by atoms with E-state index in [0.717, 1.165) is 19.3 Å². The molecule has 0 aliphatic carbocycles. The summed E-state index contributed by atoms with van der Waals surface area (Å²) in [5, 5.41) is 0. The van der Waals surface area contributed by atoms with E-state index >= 15 is 0 Å². The van der Waals surface area contributed by atoms with Crippen molar-refractivity contribution in [1.29, 1.82) is 0 Å². The Morgan fingerprint density at radius 3 is 2.67 bits per heavy atom. The minimum Gasteiger partial charge on any atom is -0.406 e. The van der Waals surface area contributed by atoms with Crippen LogP contribution in [0.5, 0.6) is 5.75 Å². The Morgan fingerprint density at radius 2 is 2.00 bits per heavy atom. The van der Waals surface area contributed by atoms with Crippen LogP contribution >= 0.6 is 12.4 Å². The number of carbonyl (C=O) groups excluding carboxylic acids is 1. The average molecular weight is 367 g/mol. The Labute approximate surface area is 145 Å². The van der Waals surface area contributed by atoms with Gasteiger partial charge in [0, 0.05) is 25.6 Å². The highest BCUT2D eigenvalue weighted by atomic mass is 35.5. The molecule has 24 heavy (non-hydrogen) atoms. The molecule has 0 saturated carbocycles. The molecule has 1 amide bonds. The molecule has 1 heterocycles. The van der Waals surface area contributed by atoms with Gasteiger partial charge >= 0.3 is 6.36 Å². The van der Waals surface area contributed by atoms with Gasteiger partial charge in [0.1, 0.15) is 5.75 Å². The van der Waals surface area contributed by atoms with Crippen LogP contribution in [0, 0.1) is 0 Å². The predicted octanol–water partition coefficient (Wildman–Crippen LogP) is 3.28. The zero-order valence-electron chi connectivity index (χ0n) is 13.2. The fraction of sp³-hybridized carbons (Fsp3) is 0.562. The Bertz CT molecular complexity index is 540. The van der Waals surface area contributed by atoms with Crippen molar-refractivity contribution in [3.05, 3.63) is 29.8 Å². The molecule has 1 fully saturated rings. The molecule has 1 unspecified atom stereocenters. The molecule has 1 aromatic carbocycles. The van der Waals surface area contributed by atoms with E-state index in [1.54, 1.807) is 17.0 Å². The zero-order chi connectivity index (χ0) is 16.9. The number of hydrogen-bond acceptors (Lipinski definition) is 3. The Balaban J connectivity index is 0.00000288. The summed E-state index contributed by atoms with van der Waals surface area (Å²) in [5.74, 6) is -0.316. The number of aryl methyl sites for hydroxylation is 1. The average Bonchev–Trinajstić information content (AvgIpc) is 2.52. The van der Waals surface area contributed by atoms with Crippen molar-refractivity contribution >= 4 is 18.3 Å². The maximum absolute atomic E-state index is 12.4. The van der Waals surface area contributed by atoms with E-state index < -0.39 is 6.36 Å². The number of rotatable bonds is 5. The summed E-state index contributed by atoms with van der Waals surface area (Å²) in [5.41, 5.74) is 6.07. The fourth-order valence-electron chi connectivity index (χ4n) is 2.89. The third kappa shape index (κ3) is 5.87. The van der Waals surface area contributed by atoms with Gasteiger partial charge in [0.25, 0.3) is 0 Å². The second-order valence-corrected chi connectivity index (χ2v) is 5.63. The standard InChI is InChI=1S/C16H21F3N2O2.ClH/c17-16(18,19)23-14-7-2-1-5-12(14)8-9-15(22)21-10-4-3-6-13(21)11-20;/h1-2,5,7,13H,3-4,6,8-11,20H2;1H. The molecule has 4 nitrogen and oxygen atoms in total. The molecule has 1 aliphatic rings. The molecule has 1 aliphatic heterocycles. The molecule has 0 radical (unpaired) electrons. The van der Waals surface area contributed by atoms with E-state index in [0.29, 0.717) is 18.7 Å². The van der Waals surface area contributed by atoms with Crippen LogP contribution in [-0.2, 0) is 11.2 Å². The number of hydrogen-bond donors (Lipinski definition) is 1. The van der Waals surface area contributed by atoms with Gasteiger partial charge in [0.15, 0.2) is 0 Å². The van der Waals surface area contributed by atoms with E-state index in [1.165, 1.54) is 12.1 Å². The van der Waals surface area contributed by atoms with Crippen LogP contribution in [-0.4, -0.2) is 36.3 Å². The number of ether oxygens (including phenoxy) is 1. The first-order chi connectivity index (χ1) is 10.9. The molecular formula is C16H22ClF3N2O2. The second-order valence-electron chi connectivity index (χ2n) is 5.63. The van der Waals surface area contributed by atoms with Gasteiger partial charge in [-0.05, 0) is 37.3 Å². The monoisotopic (exact) mass is 366 g/mol. The maximum Gasteiger partial charge on any atom is 0.573 e. The van der Waals surface area contributed by atoms with Crippen LogP contribution in [0.3, 0.4) is 0 Å². The van der Waals surface area contributed by atoms with Crippen molar-refractivity contribution in [3.8, 4) is 5.75 Å². The van der Waals surface area contributed by atoms with Gasteiger partial charge in [0.2, 0.25) is 5.91 Å². The van der Waals surface area contributed by atoms with Gasteiger partial charge in [-0.15, -0.1) is 25.6 Å². The lowest BCUT2D eigenvalue weighted by molar-refractivity contribution is -0.274. The van der Waals surface area contributed by atoms with Crippen molar-refractivity contribution in [3.63, 3.8) is 0 Å². The summed E-state index contributed by atoms with van der Waals surface area (Å²) < 4.78 is 41.2. The van der Waals surface area contributed by atoms with E-state index in [4.69, 9.17) is 5.73 Å². The van der Waals surface area contributed by atoms with Crippen LogP contribution in [0.2, 0.25) is 0 Å². The van der Waals surface area contributed by atoms with Gasteiger partial charge < -0.3 is 15.4 Å². The Morgan fingerprint density at radius 1 is 1.29 bits per heavy atom. The first-order valence-corrected chi connectivity index (χ1v) is 7.74. The van der Waals surface area contributed by atoms with Crippen LogP contribution in [0.1, 0.15) is 31.2 Å². The van der Waals surface area contributed by atoms with Gasteiger partial charge in [0.05, 0.1) is 0 Å². The van der Waals surface area contributed by atoms with Crippen LogP contribution in [0.15, 0.2) is 24.3 Å². The van der Waals surface area contributed by atoms with Crippen molar-refractivity contribution in [2.45, 2.75) is 44.5 Å². The summed E-state index contributed by atoms with van der Waals surface area (Å²) in [6.07, 6.45) is -1.51. The number of nitrogens with two attached hydrogens (primary N) is 1. The SMILES string of the molecule is Cl.NCC1CCCCN1C(=O)CCc1ccccc1OC(F)(F)F. The molecule has 2 rings (SSSR count). The van der Waals surface area contributed by atoms with Gasteiger partial charge in [-0.2, -0.15) is 0 Å². The van der Waals surface area contributed by atoms with E-state index in [-0.39, 0.29) is 42.9 Å². The molecule has 0 bridgehead atoms. The topological polar surface area (TPSA) is 55.6 Å². The van der Waals surface area contributed by atoms with Crippen molar-refractivity contribution in [2.75, 3.05) is 13.1 Å². The lowest BCUT2D eigenvalue weighted by Crippen LogP contribution is -2.47. The number of piperidine rings is 1. The second kappa shape index (κ2) is 9.13. The zero-order valence-corrected chi connectivity index (χ0v) is 14.0. The predicted molar refractivity (Wildman–Crippen MR) is 87.1 cm³/mol. The van der Waals surface area contributed by atoms with E-state index in [2.05, 4.69) is 4.74 Å². The Hall–Kier alpha value is -1.47. The summed E-state index contributed by atoms with van der Waals surface area (Å²) in [7, 11) is 0. The van der Waals surface area contributed by atoms with Gasteiger partial charge in [-0.3, -0.25) is 4.79 Å². The smallest absolute Gasteiger partial charge is 0.406 e. The maximum atomic E-state index is 12.4. The molecule has 0 aromatic heterocycles. The number of amides is 1. The van der Waals surface area contributed by atoms with Crippen LogP contribution in [0.4, 0.5) is 13.2 Å². The molecule has 2 N–H and O–H groups in total. The number of carbonyl (C=O) groups is 1. The fourth-order valence-corrected chi connectivity index (χ4v) is 2.89. The number of para-hydroxylation sites is 1. The number of nitrogens with zero attached hydrogens (tertiary/aromatic N) is 1.